The van der Waals surface area contributed by atoms with Gasteiger partial charge < -0.3 is 15.1 Å². The second-order valence-corrected chi connectivity index (χ2v) is 6.30. The first-order valence-corrected chi connectivity index (χ1v) is 8.46. The van der Waals surface area contributed by atoms with Crippen LogP contribution in [0.25, 0.3) is 0 Å². The second kappa shape index (κ2) is 7.14. The Morgan fingerprint density at radius 1 is 1.38 bits per heavy atom. The molecule has 0 radical (unpaired) electrons. The highest BCUT2D eigenvalue weighted by molar-refractivity contribution is 5.92. The summed E-state index contributed by atoms with van der Waals surface area (Å²) in [5, 5.41) is 10.6. The molecule has 1 aromatic heterocycles. The molecular formula is C15H23FN6O2. The first-order chi connectivity index (χ1) is 11.6. The van der Waals surface area contributed by atoms with Gasteiger partial charge in [0.15, 0.2) is 5.69 Å². The quantitative estimate of drug-likeness (QED) is 0.874. The Kier molecular flexibility index (Phi) is 4.96. The van der Waals surface area contributed by atoms with E-state index >= 15 is 0 Å². The minimum Gasteiger partial charge on any atom is -0.338 e. The summed E-state index contributed by atoms with van der Waals surface area (Å²) in [6, 6.07) is -0.556. The number of likely N-dealkylation sites (tertiary alicyclic amines) is 2. The lowest BCUT2D eigenvalue weighted by atomic mass is 10.2. The van der Waals surface area contributed by atoms with Crippen LogP contribution < -0.4 is 5.32 Å². The summed E-state index contributed by atoms with van der Waals surface area (Å²) in [7, 11) is 0. The van der Waals surface area contributed by atoms with Gasteiger partial charge in [-0.1, -0.05) is 5.21 Å². The molecule has 1 aromatic rings. The van der Waals surface area contributed by atoms with Gasteiger partial charge in [-0.15, -0.1) is 5.10 Å². The lowest BCUT2D eigenvalue weighted by Gasteiger charge is -2.24. The zero-order chi connectivity index (χ0) is 17.1. The topological polar surface area (TPSA) is 83.4 Å². The molecule has 132 valence electrons. The largest absolute Gasteiger partial charge is 0.338 e. The fourth-order valence-corrected chi connectivity index (χ4v) is 3.32. The Balaban J connectivity index is 1.64. The van der Waals surface area contributed by atoms with Gasteiger partial charge in [-0.25, -0.2) is 13.9 Å². The van der Waals surface area contributed by atoms with Crippen LogP contribution in [0.1, 0.15) is 36.7 Å². The standard InChI is InChI=1S/C15H23FN6O2/c1-2-17-15(24)22-8-11(16)7-12(22)9-21-10-13(18-19-21)14(23)20-5-3-4-6-20/h10-12H,2-9H2,1H3,(H,17,24)/t11-,12-/m0/s1. The van der Waals surface area contributed by atoms with E-state index < -0.39 is 6.17 Å². The van der Waals surface area contributed by atoms with Gasteiger partial charge in [0.25, 0.3) is 5.91 Å². The molecule has 2 atom stereocenters. The van der Waals surface area contributed by atoms with Crippen molar-refractivity contribution in [3.05, 3.63) is 11.9 Å². The number of halogens is 1. The number of hydrogen-bond donors (Lipinski definition) is 1. The van der Waals surface area contributed by atoms with E-state index in [0.29, 0.717) is 18.8 Å². The molecule has 0 aliphatic carbocycles. The third-order valence-corrected chi connectivity index (χ3v) is 4.50. The van der Waals surface area contributed by atoms with Crippen LogP contribution in [0.2, 0.25) is 0 Å². The number of alkyl halides is 1. The minimum absolute atomic E-state index is 0.0881. The van der Waals surface area contributed by atoms with Gasteiger partial charge in [0.1, 0.15) is 6.17 Å². The molecule has 8 nitrogen and oxygen atoms in total. The van der Waals surface area contributed by atoms with Crippen LogP contribution in [-0.4, -0.2) is 75.1 Å². The molecule has 0 aromatic carbocycles. The minimum atomic E-state index is -1.04. The fraction of sp³-hybridized carbons (Fsp3) is 0.733. The number of amides is 3. The third kappa shape index (κ3) is 3.49. The van der Waals surface area contributed by atoms with E-state index in [1.807, 2.05) is 6.92 Å². The van der Waals surface area contributed by atoms with Crippen molar-refractivity contribution < 1.29 is 14.0 Å². The van der Waals surface area contributed by atoms with Crippen molar-refractivity contribution in [3.8, 4) is 0 Å². The molecule has 2 fully saturated rings. The number of nitrogens with zero attached hydrogens (tertiary/aromatic N) is 5. The normalized spacial score (nSPS) is 23.8. The van der Waals surface area contributed by atoms with E-state index in [-0.39, 0.29) is 30.9 Å². The van der Waals surface area contributed by atoms with Crippen molar-refractivity contribution in [2.75, 3.05) is 26.2 Å². The van der Waals surface area contributed by atoms with Gasteiger partial charge >= 0.3 is 6.03 Å². The molecule has 2 aliphatic heterocycles. The van der Waals surface area contributed by atoms with Crippen LogP contribution in [0.15, 0.2) is 6.20 Å². The number of urea groups is 1. The van der Waals surface area contributed by atoms with Crippen molar-refractivity contribution >= 4 is 11.9 Å². The predicted octanol–water partition coefficient (Wildman–Crippen LogP) is 0.656. The van der Waals surface area contributed by atoms with E-state index in [9.17, 15) is 14.0 Å². The van der Waals surface area contributed by atoms with Crippen LogP contribution in [0.4, 0.5) is 9.18 Å². The zero-order valence-electron chi connectivity index (χ0n) is 13.8. The van der Waals surface area contributed by atoms with Crippen molar-refractivity contribution in [1.29, 1.82) is 0 Å². The zero-order valence-corrected chi connectivity index (χ0v) is 13.8. The molecule has 3 heterocycles. The number of carbonyl (C=O) groups excluding carboxylic acids is 2. The summed E-state index contributed by atoms with van der Waals surface area (Å²) in [4.78, 5) is 27.6. The first-order valence-electron chi connectivity index (χ1n) is 8.46. The lowest BCUT2D eigenvalue weighted by molar-refractivity contribution is 0.0787. The predicted molar refractivity (Wildman–Crippen MR) is 84.2 cm³/mol. The molecule has 2 aliphatic rings. The number of rotatable bonds is 4. The van der Waals surface area contributed by atoms with Crippen LogP contribution in [-0.2, 0) is 6.54 Å². The maximum absolute atomic E-state index is 13.7. The van der Waals surface area contributed by atoms with Gasteiger partial charge in [0, 0.05) is 26.1 Å². The highest BCUT2D eigenvalue weighted by Crippen LogP contribution is 2.22. The molecule has 0 saturated carbocycles. The molecule has 0 unspecified atom stereocenters. The first kappa shape index (κ1) is 16.7. The highest BCUT2D eigenvalue weighted by atomic mass is 19.1. The highest BCUT2D eigenvalue weighted by Gasteiger charge is 2.35. The molecule has 0 spiro atoms. The number of aromatic nitrogens is 3. The van der Waals surface area contributed by atoms with Crippen molar-refractivity contribution in [2.24, 2.45) is 0 Å². The van der Waals surface area contributed by atoms with Crippen molar-refractivity contribution in [1.82, 2.24) is 30.1 Å². The van der Waals surface area contributed by atoms with Gasteiger partial charge in [-0.05, 0) is 19.8 Å². The maximum atomic E-state index is 13.7. The second-order valence-electron chi connectivity index (χ2n) is 6.30. The Morgan fingerprint density at radius 2 is 2.12 bits per heavy atom. The van der Waals surface area contributed by atoms with Crippen molar-refractivity contribution in [2.45, 2.75) is 44.9 Å². The van der Waals surface area contributed by atoms with E-state index in [0.717, 1.165) is 25.9 Å². The summed E-state index contributed by atoms with van der Waals surface area (Å²) in [5.74, 6) is -0.117. The van der Waals surface area contributed by atoms with Crippen LogP contribution in [0.3, 0.4) is 0 Å². The Hall–Kier alpha value is -2.19. The number of nitrogens with one attached hydrogen (secondary N) is 1. The summed E-state index contributed by atoms with van der Waals surface area (Å²) in [6.45, 7) is 4.24. The molecule has 1 N–H and O–H groups in total. The SMILES string of the molecule is CCNC(=O)N1C[C@@H](F)C[C@H]1Cn1cc(C(=O)N2CCCC2)nn1. The number of hydrogen-bond acceptors (Lipinski definition) is 4. The lowest BCUT2D eigenvalue weighted by Crippen LogP contribution is -2.44. The third-order valence-electron chi connectivity index (χ3n) is 4.50. The maximum Gasteiger partial charge on any atom is 0.317 e. The average molecular weight is 338 g/mol. The molecular weight excluding hydrogens is 315 g/mol. The van der Waals surface area contributed by atoms with E-state index in [2.05, 4.69) is 15.6 Å². The molecule has 2 saturated heterocycles. The van der Waals surface area contributed by atoms with Crippen LogP contribution in [0.5, 0.6) is 0 Å². The van der Waals surface area contributed by atoms with Gasteiger partial charge in [-0.3, -0.25) is 4.79 Å². The number of carbonyl (C=O) groups is 2. The Morgan fingerprint density at radius 3 is 2.83 bits per heavy atom. The van der Waals surface area contributed by atoms with Gasteiger partial charge in [-0.2, -0.15) is 0 Å². The summed E-state index contributed by atoms with van der Waals surface area (Å²) in [6.07, 6.45) is 2.85. The average Bonchev–Trinajstić information content (AvgIpc) is 3.28. The summed E-state index contributed by atoms with van der Waals surface area (Å²) >= 11 is 0. The van der Waals surface area contributed by atoms with Crippen LogP contribution >= 0.6 is 0 Å². The molecule has 0 bridgehead atoms. The van der Waals surface area contributed by atoms with Crippen LogP contribution in [0, 0.1) is 0 Å². The Labute approximate surface area is 140 Å². The molecule has 24 heavy (non-hydrogen) atoms. The van der Waals surface area contributed by atoms with Gasteiger partial charge in [0.05, 0.1) is 25.3 Å². The van der Waals surface area contributed by atoms with Gasteiger partial charge in [0.2, 0.25) is 0 Å². The van der Waals surface area contributed by atoms with E-state index in [1.54, 1.807) is 11.1 Å². The molecule has 3 rings (SSSR count). The Bertz CT molecular complexity index is 601. The van der Waals surface area contributed by atoms with E-state index in [1.165, 1.54) is 9.58 Å². The summed E-state index contributed by atoms with van der Waals surface area (Å²) in [5.41, 5.74) is 0.302. The van der Waals surface area contributed by atoms with E-state index in [4.69, 9.17) is 0 Å². The smallest absolute Gasteiger partial charge is 0.317 e. The summed E-state index contributed by atoms with van der Waals surface area (Å²) < 4.78 is 15.3. The molecule has 9 heteroatoms. The monoisotopic (exact) mass is 338 g/mol. The molecule has 3 amide bonds. The van der Waals surface area contributed by atoms with Crippen molar-refractivity contribution in [3.63, 3.8) is 0 Å². The fourth-order valence-electron chi connectivity index (χ4n) is 3.32.